The van der Waals surface area contributed by atoms with Gasteiger partial charge in [-0.3, -0.25) is 15.0 Å². The van der Waals surface area contributed by atoms with Crippen LogP contribution >= 0.6 is 11.8 Å². The number of amides is 3. The van der Waals surface area contributed by atoms with Crippen LogP contribution in [0, 0.1) is 0 Å². The van der Waals surface area contributed by atoms with Crippen LogP contribution in [0.2, 0.25) is 0 Å². The van der Waals surface area contributed by atoms with E-state index in [0.29, 0.717) is 23.5 Å². The molecule has 0 aliphatic carbocycles. The number of rotatable bonds is 4. The van der Waals surface area contributed by atoms with Crippen LogP contribution in [0.25, 0.3) is 0 Å². The highest BCUT2D eigenvalue weighted by Gasteiger charge is 2.37. The summed E-state index contributed by atoms with van der Waals surface area (Å²) < 4.78 is 45.1. The lowest BCUT2D eigenvalue weighted by Crippen LogP contribution is -2.49. The zero-order valence-electron chi connectivity index (χ0n) is 18.2. The van der Waals surface area contributed by atoms with Gasteiger partial charge in [-0.25, -0.2) is 4.79 Å². The molecule has 2 aliphatic heterocycles. The van der Waals surface area contributed by atoms with Crippen molar-refractivity contribution in [3.63, 3.8) is 0 Å². The average molecular weight is 481 g/mol. The largest absolute Gasteiger partial charge is 0.473 e. The molecule has 4 rings (SSSR count). The molecule has 0 saturated carbocycles. The molecule has 2 heterocycles. The molecule has 2 aromatic carbocycles. The number of thioether (sulfide) groups is 1. The minimum Gasteiger partial charge on any atom is -0.473 e. The maximum atomic E-state index is 13.1. The Bertz CT molecular complexity index is 1110. The third-order valence-corrected chi connectivity index (χ3v) is 6.49. The molecule has 0 radical (unpaired) electrons. The number of alkyl halides is 3. The third kappa shape index (κ3) is 4.88. The molecule has 0 bridgehead atoms. The second kappa shape index (κ2) is 8.45. The number of halogens is 3. The van der Waals surface area contributed by atoms with E-state index >= 15 is 0 Å². The van der Waals surface area contributed by atoms with Gasteiger partial charge >= 0.3 is 12.2 Å². The van der Waals surface area contributed by atoms with Gasteiger partial charge in [0.1, 0.15) is 5.75 Å². The Hall–Kier alpha value is -2.92. The maximum absolute atomic E-state index is 13.1. The van der Waals surface area contributed by atoms with Crippen molar-refractivity contribution in [2.45, 2.75) is 37.7 Å². The van der Waals surface area contributed by atoms with Crippen LogP contribution in [0.5, 0.6) is 5.75 Å². The highest BCUT2D eigenvalue weighted by atomic mass is 32.2. The van der Waals surface area contributed by atoms with Crippen LogP contribution < -0.4 is 25.6 Å². The van der Waals surface area contributed by atoms with E-state index in [9.17, 15) is 22.8 Å². The van der Waals surface area contributed by atoms with Crippen molar-refractivity contribution in [3.05, 3.63) is 53.1 Å². The second-order valence-corrected chi connectivity index (χ2v) is 9.36. The number of hydrogen-bond acceptors (Lipinski definition) is 5. The summed E-state index contributed by atoms with van der Waals surface area (Å²) >= 11 is 1.26. The summed E-state index contributed by atoms with van der Waals surface area (Å²) in [6, 6.07) is 8.48. The van der Waals surface area contributed by atoms with E-state index in [1.54, 1.807) is 39.1 Å². The molecule has 176 valence electrons. The van der Waals surface area contributed by atoms with Crippen LogP contribution in [0.4, 0.5) is 29.3 Å². The summed E-state index contributed by atoms with van der Waals surface area (Å²) in [6.45, 7) is 3.72. The van der Waals surface area contributed by atoms with Gasteiger partial charge in [-0.05, 0) is 38.1 Å². The monoisotopic (exact) mass is 480 g/mol. The second-order valence-electron chi connectivity index (χ2n) is 8.27. The average Bonchev–Trinajstić information content (AvgIpc) is 2.73. The quantitative estimate of drug-likeness (QED) is 0.602. The minimum atomic E-state index is -4.47. The molecule has 7 nitrogen and oxygen atoms in total. The van der Waals surface area contributed by atoms with Gasteiger partial charge in [0.2, 0.25) is 5.91 Å². The van der Waals surface area contributed by atoms with Crippen molar-refractivity contribution in [1.82, 2.24) is 10.6 Å². The SMILES string of the molecule is CN1C(=O)NCc2c(NC(=O)CSC3NC(C)(C)Oc4cc(C(F)(F)F)ccc43)cccc21. The smallest absolute Gasteiger partial charge is 0.416 e. The molecule has 3 amide bonds. The van der Waals surface area contributed by atoms with E-state index < -0.39 is 22.8 Å². The molecule has 0 fully saturated rings. The number of carbonyl (C=O) groups is 2. The standard InChI is InChI=1S/C22H23F3N4O3S/c1-21(2)28-19(13-8-7-12(22(23,24)25)9-17(13)32-21)33-11-18(30)27-15-5-4-6-16-14(15)10-26-20(31)29(16)3/h4-9,19,28H,10-11H2,1-3H3,(H,26,31)(H,27,30). The lowest BCUT2D eigenvalue weighted by atomic mass is 10.1. The van der Waals surface area contributed by atoms with Crippen LogP contribution in [0.15, 0.2) is 36.4 Å². The van der Waals surface area contributed by atoms with Crippen molar-refractivity contribution in [2.24, 2.45) is 0 Å². The molecular weight excluding hydrogens is 457 g/mol. The van der Waals surface area contributed by atoms with Crippen LogP contribution in [0.3, 0.4) is 0 Å². The van der Waals surface area contributed by atoms with E-state index in [4.69, 9.17) is 4.74 Å². The van der Waals surface area contributed by atoms with E-state index in [0.717, 1.165) is 17.7 Å². The Kier molecular flexibility index (Phi) is 5.95. The van der Waals surface area contributed by atoms with E-state index in [1.807, 2.05) is 0 Å². The van der Waals surface area contributed by atoms with Gasteiger partial charge in [0.15, 0.2) is 5.72 Å². The summed E-state index contributed by atoms with van der Waals surface area (Å²) in [6.07, 6.45) is -4.47. The van der Waals surface area contributed by atoms with Crippen molar-refractivity contribution in [1.29, 1.82) is 0 Å². The first-order chi connectivity index (χ1) is 15.4. The fourth-order valence-corrected chi connectivity index (χ4v) is 4.91. The van der Waals surface area contributed by atoms with E-state index in [2.05, 4.69) is 16.0 Å². The topological polar surface area (TPSA) is 82.7 Å². The molecule has 2 aliphatic rings. The van der Waals surface area contributed by atoms with Crippen molar-refractivity contribution in [2.75, 3.05) is 23.0 Å². The van der Waals surface area contributed by atoms with Gasteiger partial charge in [-0.2, -0.15) is 13.2 Å². The summed E-state index contributed by atoms with van der Waals surface area (Å²) in [5.41, 5.74) is 0.959. The lowest BCUT2D eigenvalue weighted by Gasteiger charge is -2.39. The first-order valence-corrected chi connectivity index (χ1v) is 11.2. The van der Waals surface area contributed by atoms with Gasteiger partial charge in [0.25, 0.3) is 0 Å². The lowest BCUT2D eigenvalue weighted by molar-refractivity contribution is -0.137. The Balaban J connectivity index is 1.48. The molecule has 0 saturated heterocycles. The Morgan fingerprint density at radius 2 is 2.06 bits per heavy atom. The Morgan fingerprint density at radius 1 is 1.30 bits per heavy atom. The number of carbonyl (C=O) groups excluding carboxylic acids is 2. The molecule has 1 unspecified atom stereocenters. The zero-order chi connectivity index (χ0) is 24.0. The van der Waals surface area contributed by atoms with E-state index in [1.165, 1.54) is 22.7 Å². The number of nitrogens with one attached hydrogen (secondary N) is 3. The summed E-state index contributed by atoms with van der Waals surface area (Å²) in [7, 11) is 1.65. The highest BCUT2D eigenvalue weighted by Crippen LogP contribution is 2.43. The maximum Gasteiger partial charge on any atom is 0.416 e. The fourth-order valence-electron chi connectivity index (χ4n) is 3.77. The predicted octanol–water partition coefficient (Wildman–Crippen LogP) is 4.45. The third-order valence-electron chi connectivity index (χ3n) is 5.36. The van der Waals surface area contributed by atoms with Crippen molar-refractivity contribution in [3.8, 4) is 5.75 Å². The number of ether oxygens (including phenoxy) is 1. The summed E-state index contributed by atoms with van der Waals surface area (Å²) in [4.78, 5) is 26.0. The van der Waals surface area contributed by atoms with Gasteiger partial charge in [-0.15, -0.1) is 11.8 Å². The van der Waals surface area contributed by atoms with E-state index in [-0.39, 0.29) is 23.4 Å². The van der Waals surface area contributed by atoms with Crippen LogP contribution in [-0.2, 0) is 17.5 Å². The highest BCUT2D eigenvalue weighted by molar-refractivity contribution is 8.00. The molecule has 2 aromatic rings. The van der Waals surface area contributed by atoms with Crippen LogP contribution in [-0.4, -0.2) is 30.5 Å². The minimum absolute atomic E-state index is 0.0556. The van der Waals surface area contributed by atoms with Crippen molar-refractivity contribution >= 4 is 35.1 Å². The van der Waals surface area contributed by atoms with Gasteiger partial charge in [0.05, 0.1) is 22.4 Å². The predicted molar refractivity (Wildman–Crippen MR) is 120 cm³/mol. The molecule has 1 atom stereocenters. The fraction of sp³-hybridized carbons (Fsp3) is 0.364. The first-order valence-electron chi connectivity index (χ1n) is 10.2. The van der Waals surface area contributed by atoms with Gasteiger partial charge in [0, 0.05) is 30.4 Å². The Morgan fingerprint density at radius 3 is 2.79 bits per heavy atom. The molecule has 11 heteroatoms. The summed E-state index contributed by atoms with van der Waals surface area (Å²) in [5.74, 6) is -0.0741. The number of fused-ring (bicyclic) bond motifs is 2. The Labute approximate surface area is 193 Å². The van der Waals surface area contributed by atoms with Gasteiger partial charge in [-0.1, -0.05) is 12.1 Å². The molecule has 3 N–H and O–H groups in total. The number of anilines is 2. The first kappa shape index (κ1) is 23.2. The zero-order valence-corrected chi connectivity index (χ0v) is 19.0. The number of urea groups is 1. The van der Waals surface area contributed by atoms with Gasteiger partial charge < -0.3 is 15.4 Å². The molecule has 0 spiro atoms. The number of hydrogen-bond donors (Lipinski definition) is 3. The number of benzene rings is 2. The normalized spacial score (nSPS) is 19.2. The molecule has 33 heavy (non-hydrogen) atoms. The molecule has 0 aromatic heterocycles. The van der Waals surface area contributed by atoms with Crippen LogP contribution in [0.1, 0.15) is 35.9 Å². The van der Waals surface area contributed by atoms with Crippen molar-refractivity contribution < 1.29 is 27.5 Å². The number of nitrogens with zero attached hydrogens (tertiary/aromatic N) is 1. The summed E-state index contributed by atoms with van der Waals surface area (Å²) in [5, 5.41) is 8.39. The molecular formula is C22H23F3N4O3S.